The Morgan fingerprint density at radius 3 is 2.35 bits per heavy atom. The van der Waals surface area contributed by atoms with Crippen molar-refractivity contribution in [3.8, 4) is 5.75 Å². The first kappa shape index (κ1) is 30.1. The minimum absolute atomic E-state index is 0.123. The molecule has 43 heavy (non-hydrogen) atoms. The van der Waals surface area contributed by atoms with Crippen LogP contribution in [0.25, 0.3) is 6.08 Å². The molecule has 1 aliphatic heterocycles. The van der Waals surface area contributed by atoms with Crippen LogP contribution in [0.4, 0.5) is 11.4 Å². The Labute approximate surface area is 256 Å². The van der Waals surface area contributed by atoms with Gasteiger partial charge in [0.15, 0.2) is 5.17 Å². The van der Waals surface area contributed by atoms with Gasteiger partial charge in [0, 0.05) is 12.7 Å². The largest absolute Gasteiger partial charge is 0.489 e. The average molecular weight is 598 g/mol. The van der Waals surface area contributed by atoms with Crippen molar-refractivity contribution >= 4 is 52.2 Å². The van der Waals surface area contributed by atoms with E-state index in [-0.39, 0.29) is 12.5 Å². The molecule has 0 aromatic heterocycles. The van der Waals surface area contributed by atoms with Crippen LogP contribution in [0.1, 0.15) is 61.6 Å². The smallest absolute Gasteiger partial charge is 0.397 e. The Balaban J connectivity index is 1.16. The van der Waals surface area contributed by atoms with Crippen LogP contribution >= 0.6 is 11.8 Å². The highest BCUT2D eigenvalue weighted by Crippen LogP contribution is 2.34. The fourth-order valence-corrected chi connectivity index (χ4v) is 6.05. The molecule has 0 bridgehead atoms. The molecule has 1 N–H and O–H groups in total. The first-order valence-corrected chi connectivity index (χ1v) is 15.4. The second kappa shape index (κ2) is 14.2. The van der Waals surface area contributed by atoms with Gasteiger partial charge in [0.2, 0.25) is 0 Å². The molecule has 0 spiro atoms. The predicted octanol–water partition coefficient (Wildman–Crippen LogP) is 7.05. The van der Waals surface area contributed by atoms with Gasteiger partial charge in [-0.15, -0.1) is 0 Å². The number of ether oxygens (including phenoxy) is 2. The number of carbonyl (C=O) groups excluding carboxylic acids is 3. The second-order valence-electron chi connectivity index (χ2n) is 10.5. The molecule has 9 heteroatoms. The molecule has 0 radical (unpaired) electrons. The summed E-state index contributed by atoms with van der Waals surface area (Å²) in [7, 11) is 1.68. The summed E-state index contributed by atoms with van der Waals surface area (Å²) in [5.41, 5.74) is 4.50. The van der Waals surface area contributed by atoms with Crippen molar-refractivity contribution < 1.29 is 23.9 Å². The van der Waals surface area contributed by atoms with Crippen molar-refractivity contribution in [2.75, 3.05) is 19.0 Å². The lowest BCUT2D eigenvalue weighted by atomic mass is 9.84. The molecule has 5 rings (SSSR count). The lowest BCUT2D eigenvalue weighted by molar-refractivity contribution is -0.152. The zero-order valence-corrected chi connectivity index (χ0v) is 25.2. The maximum Gasteiger partial charge on any atom is 0.397 e. The van der Waals surface area contributed by atoms with Gasteiger partial charge in [-0.1, -0.05) is 55.7 Å². The molecule has 2 aliphatic rings. The molecule has 222 valence electrons. The number of thioether (sulfide) groups is 1. The molecule has 0 atom stereocenters. The number of nitrogens with zero attached hydrogens (tertiary/aromatic N) is 2. The summed E-state index contributed by atoms with van der Waals surface area (Å²) in [6.07, 6.45) is 8.46. The molecule has 1 saturated carbocycles. The maximum absolute atomic E-state index is 12.9. The number of aliphatic imine (C=N–C) groups is 1. The van der Waals surface area contributed by atoms with Gasteiger partial charge in [-0.3, -0.25) is 14.5 Å². The zero-order chi connectivity index (χ0) is 30.2. The first-order valence-electron chi connectivity index (χ1n) is 14.6. The van der Waals surface area contributed by atoms with Crippen LogP contribution in [0.2, 0.25) is 0 Å². The summed E-state index contributed by atoms with van der Waals surface area (Å²) >= 11 is 1.29. The Morgan fingerprint density at radius 1 is 0.977 bits per heavy atom. The Hall–Kier alpha value is -4.37. The summed E-state index contributed by atoms with van der Waals surface area (Å²) in [6, 6.07) is 23.2. The molecule has 1 heterocycles. The fourth-order valence-electron chi connectivity index (χ4n) is 5.06. The van der Waals surface area contributed by atoms with E-state index in [1.54, 1.807) is 38.2 Å². The number of nitrogens with one attached hydrogen (secondary N) is 1. The average Bonchev–Trinajstić information content (AvgIpc) is 3.29. The van der Waals surface area contributed by atoms with E-state index in [9.17, 15) is 14.4 Å². The van der Waals surface area contributed by atoms with E-state index in [1.165, 1.54) is 54.3 Å². The summed E-state index contributed by atoms with van der Waals surface area (Å²) in [5, 5.41) is 3.02. The number of rotatable bonds is 8. The van der Waals surface area contributed by atoms with Crippen molar-refractivity contribution in [1.82, 2.24) is 4.90 Å². The van der Waals surface area contributed by atoms with Crippen LogP contribution in [-0.4, -0.2) is 41.5 Å². The Morgan fingerprint density at radius 2 is 1.67 bits per heavy atom. The van der Waals surface area contributed by atoms with Gasteiger partial charge in [0.25, 0.3) is 5.91 Å². The van der Waals surface area contributed by atoms with E-state index in [1.807, 2.05) is 30.3 Å². The molecule has 3 aromatic rings. The lowest BCUT2D eigenvalue weighted by Gasteiger charge is -2.22. The maximum atomic E-state index is 12.9. The molecule has 2 fully saturated rings. The summed E-state index contributed by atoms with van der Waals surface area (Å²) < 4.78 is 10.7. The number of amidine groups is 1. The monoisotopic (exact) mass is 597 g/mol. The van der Waals surface area contributed by atoms with Gasteiger partial charge in [-0.05, 0) is 96.6 Å². The Kier molecular flexibility index (Phi) is 9.94. The Bertz CT molecular complexity index is 1510. The molecular weight excluding hydrogens is 562 g/mol. The van der Waals surface area contributed by atoms with Gasteiger partial charge >= 0.3 is 11.9 Å². The molecule has 8 nitrogen and oxygen atoms in total. The number of benzene rings is 3. The number of hydrogen-bond donors (Lipinski definition) is 1. The van der Waals surface area contributed by atoms with Crippen molar-refractivity contribution in [2.24, 2.45) is 4.99 Å². The first-order chi connectivity index (χ1) is 20.9. The van der Waals surface area contributed by atoms with Crippen molar-refractivity contribution in [3.63, 3.8) is 0 Å². The third-order valence-electron chi connectivity index (χ3n) is 7.45. The van der Waals surface area contributed by atoms with Crippen LogP contribution in [0.5, 0.6) is 5.75 Å². The summed E-state index contributed by atoms with van der Waals surface area (Å²) in [5.74, 6) is -0.453. The van der Waals surface area contributed by atoms with Crippen molar-refractivity contribution in [2.45, 2.75) is 51.6 Å². The zero-order valence-electron chi connectivity index (χ0n) is 24.4. The van der Waals surface area contributed by atoms with Crippen molar-refractivity contribution in [3.05, 3.63) is 94.4 Å². The standard InChI is InChI=1S/C34H35N3O5S/c1-3-41-33(40)31(38)35-27-15-17-28(18-16-27)36-34-37(2)32(39)30(43-34)21-23-11-19-29(20-12-23)42-22-24-9-13-26(14-10-24)25-7-5-4-6-8-25/h9-21,25H,3-8,22H2,1-2H3,(H,35,38). The van der Waals surface area contributed by atoms with Gasteiger partial charge in [-0.2, -0.15) is 0 Å². The number of esters is 1. The van der Waals surface area contributed by atoms with Gasteiger partial charge in [0.1, 0.15) is 12.4 Å². The fraction of sp³-hybridized carbons (Fsp3) is 0.294. The number of likely N-dealkylation sites (N-methyl/N-ethyl adjacent to an activating group) is 1. The van der Waals surface area contributed by atoms with Crippen LogP contribution < -0.4 is 10.1 Å². The topological polar surface area (TPSA) is 97.3 Å². The minimum Gasteiger partial charge on any atom is -0.489 e. The number of carbonyl (C=O) groups is 3. The van der Waals surface area contributed by atoms with Gasteiger partial charge < -0.3 is 14.8 Å². The highest BCUT2D eigenvalue weighted by Gasteiger charge is 2.30. The van der Waals surface area contributed by atoms with E-state index >= 15 is 0 Å². The van der Waals surface area contributed by atoms with Crippen molar-refractivity contribution in [1.29, 1.82) is 0 Å². The number of hydrogen-bond acceptors (Lipinski definition) is 7. The SMILES string of the molecule is CCOC(=O)C(=O)Nc1ccc(N=C2SC(=Cc3ccc(OCc4ccc(C5CCCCC5)cc4)cc3)C(=O)N2C)cc1. The predicted molar refractivity (Wildman–Crippen MR) is 170 cm³/mol. The third-order valence-corrected chi connectivity index (χ3v) is 8.51. The van der Waals surface area contributed by atoms with E-state index < -0.39 is 11.9 Å². The number of anilines is 1. The van der Waals surface area contributed by atoms with Gasteiger partial charge in [-0.25, -0.2) is 9.79 Å². The van der Waals surface area contributed by atoms with Crippen LogP contribution in [0, 0.1) is 0 Å². The molecule has 0 unspecified atom stereocenters. The molecule has 3 aromatic carbocycles. The van der Waals surface area contributed by atoms with E-state index in [4.69, 9.17) is 9.47 Å². The summed E-state index contributed by atoms with van der Waals surface area (Å²) in [4.78, 5) is 42.9. The lowest BCUT2D eigenvalue weighted by Crippen LogP contribution is -2.24. The molecule has 2 amide bonds. The van der Waals surface area contributed by atoms with E-state index in [0.717, 1.165) is 16.9 Å². The number of amides is 2. The quantitative estimate of drug-likeness (QED) is 0.170. The van der Waals surface area contributed by atoms with E-state index in [0.29, 0.717) is 34.0 Å². The minimum atomic E-state index is -0.939. The van der Waals surface area contributed by atoms with E-state index in [2.05, 4.69) is 34.6 Å². The molecular formula is C34H35N3O5S. The molecule has 1 saturated heterocycles. The normalized spacial score (nSPS) is 17.3. The summed E-state index contributed by atoms with van der Waals surface area (Å²) in [6.45, 7) is 2.26. The highest BCUT2D eigenvalue weighted by molar-refractivity contribution is 8.18. The van der Waals surface area contributed by atoms with Crippen LogP contribution in [-0.2, 0) is 25.7 Å². The molecule has 1 aliphatic carbocycles. The van der Waals surface area contributed by atoms with Crippen LogP contribution in [0.15, 0.2) is 82.7 Å². The second-order valence-corrected chi connectivity index (χ2v) is 11.5. The third kappa shape index (κ3) is 7.93. The van der Waals surface area contributed by atoms with Crippen LogP contribution in [0.3, 0.4) is 0 Å². The van der Waals surface area contributed by atoms with Gasteiger partial charge in [0.05, 0.1) is 17.2 Å². The highest BCUT2D eigenvalue weighted by atomic mass is 32.2.